The zero-order valence-electron chi connectivity index (χ0n) is 18.8. The average molecular weight is 477 g/mol. The molecule has 3 atom stereocenters. The molecule has 2 bridgehead atoms. The van der Waals surface area contributed by atoms with Gasteiger partial charge in [-0.1, -0.05) is 6.07 Å². The fraction of sp³-hybridized carbons (Fsp3) is 0.682. The zero-order chi connectivity index (χ0) is 23.9. The highest BCUT2D eigenvalue weighted by molar-refractivity contribution is 7.90. The number of sulfonamides is 1. The molecule has 2 N–H and O–H groups in total. The molecule has 2 aliphatic rings. The normalized spacial score (nSPS) is 25.8. The van der Waals surface area contributed by atoms with Crippen LogP contribution in [-0.2, 0) is 27.6 Å². The summed E-state index contributed by atoms with van der Waals surface area (Å²) in [6.45, 7) is 3.41. The van der Waals surface area contributed by atoms with Crippen molar-refractivity contribution in [2.75, 3.05) is 20.2 Å². The number of esters is 1. The maximum atomic E-state index is 13.1. The van der Waals surface area contributed by atoms with Crippen LogP contribution in [0.4, 0.5) is 13.2 Å². The van der Waals surface area contributed by atoms with Gasteiger partial charge in [0, 0.05) is 6.54 Å². The fourth-order valence-corrected chi connectivity index (χ4v) is 6.13. The van der Waals surface area contributed by atoms with Crippen molar-refractivity contribution in [2.45, 2.75) is 62.9 Å². The van der Waals surface area contributed by atoms with Crippen molar-refractivity contribution in [3.63, 3.8) is 0 Å². The Balaban J connectivity index is 2.00. The van der Waals surface area contributed by atoms with Gasteiger partial charge in [-0.2, -0.15) is 13.2 Å². The monoisotopic (exact) mass is 476 g/mol. The molecule has 0 aromatic heterocycles. The highest BCUT2D eigenvalue weighted by Crippen LogP contribution is 2.48. The van der Waals surface area contributed by atoms with Crippen molar-refractivity contribution in [1.29, 1.82) is 0 Å². The largest absolute Gasteiger partial charge is 0.465 e. The molecule has 0 radical (unpaired) electrons. The average Bonchev–Trinajstić information content (AvgIpc) is 2.88. The molecule has 1 aromatic rings. The maximum Gasteiger partial charge on any atom is 0.401 e. The van der Waals surface area contributed by atoms with Crippen LogP contribution >= 0.6 is 0 Å². The van der Waals surface area contributed by atoms with E-state index in [1.165, 1.54) is 7.11 Å². The van der Waals surface area contributed by atoms with Crippen LogP contribution in [0, 0.1) is 11.8 Å². The molecule has 0 saturated heterocycles. The first-order valence-corrected chi connectivity index (χ1v) is 12.2. The Bertz CT molecular complexity index is 972. The minimum Gasteiger partial charge on any atom is -0.465 e. The second kappa shape index (κ2) is 8.61. The summed E-state index contributed by atoms with van der Waals surface area (Å²) in [6.07, 6.45) is -2.01. The van der Waals surface area contributed by atoms with E-state index in [0.29, 0.717) is 31.2 Å². The van der Waals surface area contributed by atoms with Crippen LogP contribution in [0.5, 0.6) is 0 Å². The van der Waals surface area contributed by atoms with Gasteiger partial charge in [-0.15, -0.1) is 0 Å². The van der Waals surface area contributed by atoms with Gasteiger partial charge in [0.1, 0.15) is 0 Å². The first-order chi connectivity index (χ1) is 14.7. The number of fused-ring (bicyclic) bond motifs is 3. The van der Waals surface area contributed by atoms with Gasteiger partial charge in [-0.3, -0.25) is 0 Å². The second-order valence-corrected chi connectivity index (χ2v) is 12.3. The summed E-state index contributed by atoms with van der Waals surface area (Å²) in [4.78, 5) is 12.0. The summed E-state index contributed by atoms with van der Waals surface area (Å²) in [5.74, 6) is -0.844. The van der Waals surface area contributed by atoms with Crippen molar-refractivity contribution >= 4 is 16.0 Å². The van der Waals surface area contributed by atoms with Crippen LogP contribution in [0.15, 0.2) is 18.2 Å². The minimum atomic E-state index is -4.40. The minimum absolute atomic E-state index is 0.116. The van der Waals surface area contributed by atoms with Crippen molar-refractivity contribution in [1.82, 2.24) is 10.0 Å². The van der Waals surface area contributed by atoms with Crippen LogP contribution < -0.4 is 10.0 Å². The van der Waals surface area contributed by atoms with E-state index in [2.05, 4.69) is 10.0 Å². The summed E-state index contributed by atoms with van der Waals surface area (Å²) in [5.41, 5.74) is 1.25. The van der Waals surface area contributed by atoms with Crippen LogP contribution in [0.1, 0.15) is 55.1 Å². The number of carbonyl (C=O) groups is 1. The van der Waals surface area contributed by atoms with Gasteiger partial charge < -0.3 is 10.1 Å². The van der Waals surface area contributed by atoms with Gasteiger partial charge >= 0.3 is 12.1 Å². The smallest absolute Gasteiger partial charge is 0.401 e. The SMILES string of the molecule is COC(=O)c1ccc2c(c1)C[C@@H]1CC[C@H](C2)[C@@]1(CNCC(F)(F)F)NS(=O)(=O)C(C)(C)C. The molecule has 0 aliphatic heterocycles. The molecule has 2 aliphatic carbocycles. The lowest BCUT2D eigenvalue weighted by molar-refractivity contribution is -0.125. The summed E-state index contributed by atoms with van der Waals surface area (Å²) >= 11 is 0. The molecule has 32 heavy (non-hydrogen) atoms. The maximum absolute atomic E-state index is 13.1. The van der Waals surface area contributed by atoms with Gasteiger partial charge in [0.2, 0.25) is 10.0 Å². The molecule has 0 unspecified atom stereocenters. The lowest BCUT2D eigenvalue weighted by atomic mass is 9.79. The number of halogens is 3. The number of carbonyl (C=O) groups excluding carboxylic acids is 1. The van der Waals surface area contributed by atoms with E-state index in [1.807, 2.05) is 6.07 Å². The van der Waals surface area contributed by atoms with Crippen molar-refractivity contribution < 1.29 is 31.1 Å². The molecule has 1 aromatic carbocycles. The molecule has 0 amide bonds. The van der Waals surface area contributed by atoms with E-state index in [0.717, 1.165) is 11.1 Å². The summed E-state index contributed by atoms with van der Waals surface area (Å²) in [5, 5.41) is 2.48. The Hall–Kier alpha value is -1.65. The Morgan fingerprint density at radius 2 is 1.72 bits per heavy atom. The first-order valence-electron chi connectivity index (χ1n) is 10.7. The number of hydrogen-bond donors (Lipinski definition) is 2. The Morgan fingerprint density at radius 3 is 2.25 bits per heavy atom. The Labute approximate surface area is 187 Å². The summed E-state index contributed by atoms with van der Waals surface area (Å²) in [7, 11) is -2.52. The molecule has 0 spiro atoms. The van der Waals surface area contributed by atoms with Crippen molar-refractivity contribution in [3.8, 4) is 0 Å². The molecular weight excluding hydrogens is 445 g/mol. The molecule has 6 nitrogen and oxygen atoms in total. The highest BCUT2D eigenvalue weighted by atomic mass is 32.2. The van der Waals surface area contributed by atoms with Gasteiger partial charge in [0.25, 0.3) is 0 Å². The van der Waals surface area contributed by atoms with Crippen LogP contribution in [0.3, 0.4) is 0 Å². The van der Waals surface area contributed by atoms with E-state index in [-0.39, 0.29) is 18.4 Å². The van der Waals surface area contributed by atoms with Crippen LogP contribution in [0.25, 0.3) is 0 Å². The third kappa shape index (κ3) is 4.97. The van der Waals surface area contributed by atoms with Crippen LogP contribution in [-0.4, -0.2) is 51.0 Å². The topological polar surface area (TPSA) is 84.5 Å². The fourth-order valence-electron chi connectivity index (χ4n) is 4.92. The standard InChI is InChI=1S/C22H31F3N2O4S/c1-20(2,3)32(29,30)27-21(12-26-13-22(23,24)25)17-7-8-18(21)11-16-9-15(19(28)31-4)6-5-14(16)10-17/h5-6,9,17-18,26-27H,7-8,10-13H2,1-4H3/t17-,18+,21-/m1/s1. The zero-order valence-corrected chi connectivity index (χ0v) is 19.6. The first kappa shape index (κ1) is 25.0. The summed E-state index contributed by atoms with van der Waals surface area (Å²) in [6, 6.07) is 5.27. The lowest BCUT2D eigenvalue weighted by Gasteiger charge is -2.42. The molecule has 1 fully saturated rings. The molecule has 1 saturated carbocycles. The number of methoxy groups -OCH3 is 1. The van der Waals surface area contributed by atoms with Gasteiger partial charge in [-0.25, -0.2) is 17.9 Å². The Kier molecular flexibility index (Phi) is 6.72. The van der Waals surface area contributed by atoms with E-state index >= 15 is 0 Å². The number of hydrogen-bond acceptors (Lipinski definition) is 5. The van der Waals surface area contributed by atoms with E-state index in [1.54, 1.807) is 32.9 Å². The number of nitrogens with one attached hydrogen (secondary N) is 2. The highest BCUT2D eigenvalue weighted by Gasteiger charge is 2.54. The molecule has 180 valence electrons. The van der Waals surface area contributed by atoms with Gasteiger partial charge in [-0.05, 0) is 81.5 Å². The van der Waals surface area contributed by atoms with Crippen molar-refractivity contribution in [3.05, 3.63) is 34.9 Å². The number of benzene rings is 1. The quantitative estimate of drug-likeness (QED) is 0.616. The number of rotatable bonds is 6. The number of ether oxygens (including phenoxy) is 1. The summed E-state index contributed by atoms with van der Waals surface area (Å²) < 4.78 is 71.5. The van der Waals surface area contributed by atoms with Gasteiger partial charge in [0.05, 0.1) is 29.5 Å². The molecule has 0 heterocycles. The number of alkyl halides is 3. The molecule has 10 heteroatoms. The van der Waals surface area contributed by atoms with E-state index in [4.69, 9.17) is 4.74 Å². The lowest BCUT2D eigenvalue weighted by Crippen LogP contribution is -2.63. The van der Waals surface area contributed by atoms with Gasteiger partial charge in [0.15, 0.2) is 0 Å². The Morgan fingerprint density at radius 1 is 1.12 bits per heavy atom. The van der Waals surface area contributed by atoms with Crippen molar-refractivity contribution in [2.24, 2.45) is 11.8 Å². The third-order valence-corrected chi connectivity index (χ3v) is 9.02. The molecular formula is C22H31F3N2O4S. The second-order valence-electron chi connectivity index (χ2n) is 9.83. The molecule has 3 rings (SSSR count). The predicted octanol–water partition coefficient (Wildman–Crippen LogP) is 3.21. The van der Waals surface area contributed by atoms with Crippen LogP contribution in [0.2, 0.25) is 0 Å². The van der Waals surface area contributed by atoms with E-state index < -0.39 is 39.0 Å². The van der Waals surface area contributed by atoms with E-state index in [9.17, 15) is 26.4 Å². The predicted molar refractivity (Wildman–Crippen MR) is 115 cm³/mol. The third-order valence-electron chi connectivity index (χ3n) is 6.75.